The average Bonchev–Trinajstić information content (AvgIpc) is 2.37. The Hall–Kier alpha value is -2.31. The van der Waals surface area contributed by atoms with Crippen LogP contribution in [0, 0.1) is 5.82 Å². The third-order valence-corrected chi connectivity index (χ3v) is 2.64. The smallest absolute Gasteiger partial charge is 0.408 e. The molecule has 0 saturated carbocycles. The second-order valence-corrected chi connectivity index (χ2v) is 5.71. The first kappa shape index (κ1) is 17.7. The van der Waals surface area contributed by atoms with Gasteiger partial charge in [-0.2, -0.15) is 0 Å². The van der Waals surface area contributed by atoms with Gasteiger partial charge in [0.05, 0.1) is 7.11 Å². The van der Waals surface area contributed by atoms with Crippen molar-refractivity contribution in [3.8, 4) is 5.75 Å². The highest BCUT2D eigenvalue weighted by Gasteiger charge is 2.24. The summed E-state index contributed by atoms with van der Waals surface area (Å²) in [6.45, 7) is 5.02. The Morgan fingerprint density at radius 1 is 1.36 bits per heavy atom. The summed E-state index contributed by atoms with van der Waals surface area (Å²) >= 11 is 0. The van der Waals surface area contributed by atoms with Crippen LogP contribution >= 0.6 is 0 Å². The Balaban J connectivity index is 2.81. The summed E-state index contributed by atoms with van der Waals surface area (Å²) in [7, 11) is 1.32. The second kappa shape index (κ2) is 7.11. The Kier molecular flexibility index (Phi) is 5.73. The minimum absolute atomic E-state index is 0.0129. The van der Waals surface area contributed by atoms with Crippen molar-refractivity contribution in [2.75, 3.05) is 7.11 Å². The third kappa shape index (κ3) is 5.59. The number of nitrogens with one attached hydrogen (secondary N) is 1. The lowest BCUT2D eigenvalue weighted by atomic mass is 10.1. The Morgan fingerprint density at radius 3 is 2.50 bits per heavy atom. The van der Waals surface area contributed by atoms with Crippen LogP contribution < -0.4 is 10.1 Å². The van der Waals surface area contributed by atoms with E-state index in [0.717, 1.165) is 0 Å². The third-order valence-electron chi connectivity index (χ3n) is 2.64. The van der Waals surface area contributed by atoms with Crippen LogP contribution in [0.4, 0.5) is 9.18 Å². The van der Waals surface area contributed by atoms with Crippen LogP contribution in [0.15, 0.2) is 18.2 Å². The molecule has 6 nitrogen and oxygen atoms in total. The number of hydrogen-bond donors (Lipinski definition) is 2. The molecule has 1 unspecified atom stereocenters. The summed E-state index contributed by atoms with van der Waals surface area (Å²) in [4.78, 5) is 22.9. The number of rotatable bonds is 5. The first-order valence-electron chi connectivity index (χ1n) is 6.67. The highest BCUT2D eigenvalue weighted by Crippen LogP contribution is 2.19. The molecule has 0 aromatic heterocycles. The van der Waals surface area contributed by atoms with Gasteiger partial charge in [0.15, 0.2) is 11.6 Å². The minimum atomic E-state index is -1.21. The first-order valence-corrected chi connectivity index (χ1v) is 6.67. The summed E-state index contributed by atoms with van der Waals surface area (Å²) in [5, 5.41) is 11.5. The summed E-state index contributed by atoms with van der Waals surface area (Å²) in [6, 6.07) is 2.82. The molecule has 0 spiro atoms. The van der Waals surface area contributed by atoms with E-state index in [4.69, 9.17) is 9.47 Å². The highest BCUT2D eigenvalue weighted by molar-refractivity contribution is 5.80. The number of ether oxygens (including phenoxy) is 2. The van der Waals surface area contributed by atoms with Crippen LogP contribution in [0.25, 0.3) is 0 Å². The molecule has 0 heterocycles. The topological polar surface area (TPSA) is 84.9 Å². The molecule has 1 aromatic carbocycles. The minimum Gasteiger partial charge on any atom is -0.494 e. The number of carboxylic acid groups (broad SMARTS) is 1. The van der Waals surface area contributed by atoms with Gasteiger partial charge in [0.2, 0.25) is 0 Å². The van der Waals surface area contributed by atoms with Crippen molar-refractivity contribution in [2.45, 2.75) is 38.8 Å². The fourth-order valence-electron chi connectivity index (χ4n) is 1.72. The number of aliphatic carboxylic acids is 1. The first-order chi connectivity index (χ1) is 10.1. The Bertz CT molecular complexity index is 553. The number of carbonyl (C=O) groups is 2. The molecular formula is C15H20FNO5. The van der Waals surface area contributed by atoms with E-state index in [9.17, 15) is 19.1 Å². The largest absolute Gasteiger partial charge is 0.494 e. The summed E-state index contributed by atoms with van der Waals surface area (Å²) < 4.78 is 23.2. The predicted octanol–water partition coefficient (Wildman–Crippen LogP) is 2.35. The molecule has 1 aromatic rings. The van der Waals surface area contributed by atoms with Crippen molar-refractivity contribution in [1.82, 2.24) is 5.32 Å². The van der Waals surface area contributed by atoms with Gasteiger partial charge in [-0.25, -0.2) is 14.0 Å². The van der Waals surface area contributed by atoms with Gasteiger partial charge in [-0.1, -0.05) is 6.07 Å². The van der Waals surface area contributed by atoms with E-state index in [1.165, 1.54) is 25.3 Å². The van der Waals surface area contributed by atoms with E-state index in [1.807, 2.05) is 0 Å². The Morgan fingerprint density at radius 2 is 2.00 bits per heavy atom. The molecule has 1 atom stereocenters. The van der Waals surface area contributed by atoms with Crippen molar-refractivity contribution in [3.05, 3.63) is 29.6 Å². The van der Waals surface area contributed by atoms with Crippen LogP contribution in [0.3, 0.4) is 0 Å². The lowest BCUT2D eigenvalue weighted by Crippen LogP contribution is -2.44. The number of halogens is 1. The van der Waals surface area contributed by atoms with Gasteiger partial charge in [0, 0.05) is 6.42 Å². The molecule has 1 amide bonds. The summed E-state index contributed by atoms with van der Waals surface area (Å²) in [5.41, 5.74) is -0.214. The number of benzene rings is 1. The van der Waals surface area contributed by atoms with Crippen molar-refractivity contribution in [1.29, 1.82) is 0 Å². The van der Waals surface area contributed by atoms with E-state index in [2.05, 4.69) is 5.32 Å². The maximum absolute atomic E-state index is 13.3. The van der Waals surface area contributed by atoms with Crippen LogP contribution in [0.2, 0.25) is 0 Å². The van der Waals surface area contributed by atoms with Gasteiger partial charge in [-0.15, -0.1) is 0 Å². The molecule has 0 aliphatic rings. The second-order valence-electron chi connectivity index (χ2n) is 5.71. The zero-order chi connectivity index (χ0) is 16.9. The fraction of sp³-hybridized carbons (Fsp3) is 0.467. The maximum atomic E-state index is 13.3. The van der Waals surface area contributed by atoms with Crippen LogP contribution in [-0.2, 0) is 16.0 Å². The molecule has 2 N–H and O–H groups in total. The van der Waals surface area contributed by atoms with Crippen LogP contribution in [0.5, 0.6) is 5.75 Å². The summed E-state index contributed by atoms with van der Waals surface area (Å²) in [6.07, 6.45) is -0.848. The van der Waals surface area contributed by atoms with Gasteiger partial charge in [-0.3, -0.25) is 0 Å². The van der Waals surface area contributed by atoms with E-state index in [-0.39, 0.29) is 12.2 Å². The van der Waals surface area contributed by atoms with E-state index < -0.39 is 29.5 Å². The number of methoxy groups -OCH3 is 1. The number of amides is 1. The van der Waals surface area contributed by atoms with Gasteiger partial charge in [-0.05, 0) is 38.5 Å². The van der Waals surface area contributed by atoms with Gasteiger partial charge in [0.25, 0.3) is 0 Å². The molecule has 22 heavy (non-hydrogen) atoms. The zero-order valence-electron chi connectivity index (χ0n) is 13.0. The number of carbonyl (C=O) groups excluding carboxylic acids is 1. The van der Waals surface area contributed by atoms with Gasteiger partial charge >= 0.3 is 12.1 Å². The quantitative estimate of drug-likeness (QED) is 0.871. The van der Waals surface area contributed by atoms with Gasteiger partial charge < -0.3 is 19.9 Å². The molecule has 122 valence electrons. The molecule has 0 aliphatic heterocycles. The standard InChI is InChI=1S/C15H20FNO5/c1-15(2,3)22-14(20)17-11(13(18)19)7-9-5-6-10(16)12(8-9)21-4/h5-6,8,11H,7H2,1-4H3,(H,17,20)(H,18,19). The molecule has 0 radical (unpaired) electrons. The molecule has 0 saturated heterocycles. The molecule has 1 rings (SSSR count). The molecule has 7 heteroatoms. The lowest BCUT2D eigenvalue weighted by Gasteiger charge is -2.22. The van der Waals surface area contributed by atoms with Crippen molar-refractivity contribution < 1.29 is 28.6 Å². The molecule has 0 aliphatic carbocycles. The van der Waals surface area contributed by atoms with Crippen molar-refractivity contribution in [2.24, 2.45) is 0 Å². The number of alkyl carbamates (subject to hydrolysis) is 1. The normalized spacial score (nSPS) is 12.4. The fourth-order valence-corrected chi connectivity index (χ4v) is 1.72. The monoisotopic (exact) mass is 313 g/mol. The van der Waals surface area contributed by atoms with Gasteiger partial charge in [0.1, 0.15) is 11.6 Å². The average molecular weight is 313 g/mol. The molecule has 0 bridgehead atoms. The highest BCUT2D eigenvalue weighted by atomic mass is 19.1. The maximum Gasteiger partial charge on any atom is 0.408 e. The van der Waals surface area contributed by atoms with Crippen molar-refractivity contribution >= 4 is 12.1 Å². The molecular weight excluding hydrogens is 293 g/mol. The van der Waals surface area contributed by atoms with Crippen LogP contribution in [0.1, 0.15) is 26.3 Å². The predicted molar refractivity (Wildman–Crippen MR) is 77.4 cm³/mol. The van der Waals surface area contributed by atoms with E-state index in [1.54, 1.807) is 20.8 Å². The number of carboxylic acids is 1. The SMILES string of the molecule is COc1cc(CC(NC(=O)OC(C)(C)C)C(=O)O)ccc1F. The Labute approximate surface area is 128 Å². The summed E-state index contributed by atoms with van der Waals surface area (Å²) in [5.74, 6) is -1.74. The number of hydrogen-bond acceptors (Lipinski definition) is 4. The van der Waals surface area contributed by atoms with E-state index >= 15 is 0 Å². The zero-order valence-corrected chi connectivity index (χ0v) is 13.0. The van der Waals surface area contributed by atoms with Crippen LogP contribution in [-0.4, -0.2) is 35.9 Å². The lowest BCUT2D eigenvalue weighted by molar-refractivity contribution is -0.139. The van der Waals surface area contributed by atoms with E-state index in [0.29, 0.717) is 5.56 Å². The molecule has 0 fully saturated rings. The van der Waals surface area contributed by atoms with Crippen molar-refractivity contribution in [3.63, 3.8) is 0 Å².